The average Bonchev–Trinajstić information content (AvgIpc) is 2.16. The van der Waals surface area contributed by atoms with Gasteiger partial charge in [0.2, 0.25) is 0 Å². The lowest BCUT2D eigenvalue weighted by Crippen LogP contribution is -1.77. The number of hydrogen-bond acceptors (Lipinski definition) is 0. The molecule has 0 amide bonds. The molecule has 0 heterocycles. The lowest BCUT2D eigenvalue weighted by atomic mass is 10.1. The summed E-state index contributed by atoms with van der Waals surface area (Å²) < 4.78 is 0. The van der Waals surface area contributed by atoms with Gasteiger partial charge in [-0.25, -0.2) is 0 Å². The molecule has 0 atom stereocenters. The summed E-state index contributed by atoms with van der Waals surface area (Å²) in [6.07, 6.45) is 17.2. The molecule has 0 spiro atoms. The summed E-state index contributed by atoms with van der Waals surface area (Å²) in [6.45, 7) is 7.34. The molecule has 0 fully saturated rings. The first kappa shape index (κ1) is 12.2. The molecule has 0 unspecified atom stereocenters. The molecular formula is C13H22. The molecule has 0 saturated carbocycles. The van der Waals surface area contributed by atoms with E-state index in [4.69, 9.17) is 0 Å². The summed E-state index contributed by atoms with van der Waals surface area (Å²) in [7, 11) is 0. The van der Waals surface area contributed by atoms with E-state index in [1.54, 1.807) is 0 Å². The van der Waals surface area contributed by atoms with Crippen molar-refractivity contribution in [1.82, 2.24) is 0 Å². The van der Waals surface area contributed by atoms with Crippen LogP contribution >= 0.6 is 0 Å². The quantitative estimate of drug-likeness (QED) is 0.274. The molecule has 0 aliphatic carbocycles. The number of rotatable bonds is 9. The van der Waals surface area contributed by atoms with Gasteiger partial charge in [0.05, 0.1) is 0 Å². The summed E-state index contributed by atoms with van der Waals surface area (Å²) in [5.74, 6) is 0. The highest BCUT2D eigenvalue weighted by Gasteiger charge is 1.87. The van der Waals surface area contributed by atoms with Crippen LogP contribution in [0.3, 0.4) is 0 Å². The first-order valence-electron chi connectivity index (χ1n) is 5.30. The predicted octanol–water partition coefficient (Wildman–Crippen LogP) is 4.65. The van der Waals surface area contributed by atoms with Crippen LogP contribution in [0.25, 0.3) is 0 Å². The third kappa shape index (κ3) is 11.2. The van der Waals surface area contributed by atoms with Crippen LogP contribution in [0, 0.1) is 0 Å². The number of hydrogen-bond donors (Lipinski definition) is 0. The fourth-order valence-corrected chi connectivity index (χ4v) is 1.27. The minimum absolute atomic E-state index is 1.18. The van der Waals surface area contributed by atoms with Gasteiger partial charge in [0.1, 0.15) is 0 Å². The average molecular weight is 178 g/mol. The largest absolute Gasteiger partial charge is 0.103 e. The Labute approximate surface area is 83.0 Å². The van der Waals surface area contributed by atoms with Gasteiger partial charge in [0.25, 0.3) is 0 Å². The third-order valence-electron chi connectivity index (χ3n) is 2.05. The second kappa shape index (κ2) is 11.2. The SMILES string of the molecule is C=C/C=C/CCCCCCCC=C. The van der Waals surface area contributed by atoms with Crippen LogP contribution in [-0.4, -0.2) is 0 Å². The zero-order chi connectivity index (χ0) is 9.78. The zero-order valence-electron chi connectivity index (χ0n) is 8.67. The summed E-state index contributed by atoms with van der Waals surface area (Å²) in [6, 6.07) is 0. The van der Waals surface area contributed by atoms with Crippen molar-refractivity contribution in [3.63, 3.8) is 0 Å². The highest BCUT2D eigenvalue weighted by molar-refractivity contribution is 4.96. The molecule has 0 heteroatoms. The standard InChI is InChI=1S/C13H22/c1-3-5-7-9-11-13-12-10-8-6-4-2/h3-5,7H,1-2,6,8-13H2/b7-5+. The molecule has 0 saturated heterocycles. The summed E-state index contributed by atoms with van der Waals surface area (Å²) in [5, 5.41) is 0. The fourth-order valence-electron chi connectivity index (χ4n) is 1.27. The van der Waals surface area contributed by atoms with Crippen molar-refractivity contribution in [2.45, 2.75) is 44.9 Å². The Balaban J connectivity index is 2.95. The Hall–Kier alpha value is -0.780. The molecule has 0 aromatic carbocycles. The smallest absolute Gasteiger partial charge is 0.0348 e. The lowest BCUT2D eigenvalue weighted by Gasteiger charge is -1.97. The maximum atomic E-state index is 3.71. The van der Waals surface area contributed by atoms with Gasteiger partial charge in [-0.2, -0.15) is 0 Å². The van der Waals surface area contributed by atoms with Gasteiger partial charge in [-0.1, -0.05) is 50.1 Å². The van der Waals surface area contributed by atoms with Gasteiger partial charge in [-0.3, -0.25) is 0 Å². The van der Waals surface area contributed by atoms with Gasteiger partial charge in [0.15, 0.2) is 0 Å². The maximum Gasteiger partial charge on any atom is -0.0348 e. The molecule has 0 aromatic heterocycles. The van der Waals surface area contributed by atoms with Crippen molar-refractivity contribution in [2.75, 3.05) is 0 Å². The zero-order valence-corrected chi connectivity index (χ0v) is 8.67. The van der Waals surface area contributed by atoms with Gasteiger partial charge in [0, 0.05) is 0 Å². The van der Waals surface area contributed by atoms with E-state index in [9.17, 15) is 0 Å². The first-order valence-corrected chi connectivity index (χ1v) is 5.30. The molecule has 0 aromatic rings. The molecule has 0 radical (unpaired) electrons. The summed E-state index contributed by atoms with van der Waals surface area (Å²) in [4.78, 5) is 0. The highest BCUT2D eigenvalue weighted by atomic mass is 13.9. The van der Waals surface area contributed by atoms with Gasteiger partial charge in [-0.05, 0) is 25.7 Å². The molecule has 0 aliphatic heterocycles. The van der Waals surface area contributed by atoms with Crippen LogP contribution in [0.4, 0.5) is 0 Å². The van der Waals surface area contributed by atoms with Crippen molar-refractivity contribution in [1.29, 1.82) is 0 Å². The molecule has 0 nitrogen and oxygen atoms in total. The molecular weight excluding hydrogens is 156 g/mol. The predicted molar refractivity (Wildman–Crippen MR) is 61.9 cm³/mol. The Morgan fingerprint density at radius 3 is 2.00 bits per heavy atom. The van der Waals surface area contributed by atoms with E-state index in [-0.39, 0.29) is 0 Å². The van der Waals surface area contributed by atoms with E-state index in [0.717, 1.165) is 0 Å². The summed E-state index contributed by atoms with van der Waals surface area (Å²) >= 11 is 0. The molecule has 0 N–H and O–H groups in total. The minimum atomic E-state index is 1.18. The minimum Gasteiger partial charge on any atom is -0.103 e. The Morgan fingerprint density at radius 1 is 0.769 bits per heavy atom. The van der Waals surface area contributed by atoms with E-state index in [1.165, 1.54) is 44.9 Å². The molecule has 74 valence electrons. The van der Waals surface area contributed by atoms with E-state index in [2.05, 4.69) is 19.2 Å². The van der Waals surface area contributed by atoms with Crippen LogP contribution in [0.5, 0.6) is 0 Å². The van der Waals surface area contributed by atoms with Gasteiger partial charge < -0.3 is 0 Å². The van der Waals surface area contributed by atoms with Crippen LogP contribution in [0.2, 0.25) is 0 Å². The number of unbranched alkanes of at least 4 members (excludes halogenated alkanes) is 6. The van der Waals surface area contributed by atoms with Crippen molar-refractivity contribution < 1.29 is 0 Å². The molecule has 0 rings (SSSR count). The van der Waals surface area contributed by atoms with Crippen molar-refractivity contribution in [2.24, 2.45) is 0 Å². The van der Waals surface area contributed by atoms with Crippen LogP contribution in [0.15, 0.2) is 37.5 Å². The normalized spacial score (nSPS) is 10.5. The van der Waals surface area contributed by atoms with Crippen molar-refractivity contribution >= 4 is 0 Å². The number of allylic oxidation sites excluding steroid dienone is 4. The van der Waals surface area contributed by atoms with E-state index in [0.29, 0.717) is 0 Å². The highest BCUT2D eigenvalue weighted by Crippen LogP contribution is 2.07. The second-order valence-electron chi connectivity index (χ2n) is 3.30. The van der Waals surface area contributed by atoms with Crippen LogP contribution < -0.4 is 0 Å². The summed E-state index contributed by atoms with van der Waals surface area (Å²) in [5.41, 5.74) is 0. The monoisotopic (exact) mass is 178 g/mol. The topological polar surface area (TPSA) is 0 Å². The Kier molecular flexibility index (Phi) is 10.5. The van der Waals surface area contributed by atoms with E-state index >= 15 is 0 Å². The first-order chi connectivity index (χ1) is 6.41. The van der Waals surface area contributed by atoms with Crippen molar-refractivity contribution in [3.05, 3.63) is 37.5 Å². The molecule has 0 aliphatic rings. The van der Waals surface area contributed by atoms with E-state index < -0.39 is 0 Å². The second-order valence-corrected chi connectivity index (χ2v) is 3.30. The Morgan fingerprint density at radius 2 is 1.38 bits per heavy atom. The third-order valence-corrected chi connectivity index (χ3v) is 2.05. The van der Waals surface area contributed by atoms with Gasteiger partial charge >= 0.3 is 0 Å². The van der Waals surface area contributed by atoms with Gasteiger partial charge in [-0.15, -0.1) is 6.58 Å². The molecule has 0 bridgehead atoms. The van der Waals surface area contributed by atoms with E-state index in [1.807, 2.05) is 18.2 Å². The van der Waals surface area contributed by atoms with Crippen LogP contribution in [-0.2, 0) is 0 Å². The Bertz CT molecular complexity index is 142. The fraction of sp³-hybridized carbons (Fsp3) is 0.538. The lowest BCUT2D eigenvalue weighted by molar-refractivity contribution is 0.622. The maximum absolute atomic E-state index is 3.71. The van der Waals surface area contributed by atoms with Crippen molar-refractivity contribution in [3.8, 4) is 0 Å². The van der Waals surface area contributed by atoms with Crippen LogP contribution in [0.1, 0.15) is 44.9 Å². The molecule has 13 heavy (non-hydrogen) atoms.